The zero-order valence-corrected chi connectivity index (χ0v) is 17.2. The second kappa shape index (κ2) is 9.21. The SMILES string of the molecule is O=S(=O)(c1ccc(OCCN2CCC(n3cncn3)CC2)cc1)N1CCOCC1. The normalized spacial score (nSPS) is 20.0. The van der Waals surface area contributed by atoms with Crippen molar-refractivity contribution in [1.82, 2.24) is 24.0 Å². The standard InChI is InChI=1S/C19H27N5O4S/c25-29(26,23-10-12-27-13-11-23)19-3-1-18(2-4-19)28-14-9-22-7-5-17(6-8-22)24-16-20-15-21-24/h1-4,15-17H,5-14H2. The molecule has 2 aromatic rings. The molecule has 2 aliphatic rings. The molecule has 9 nitrogen and oxygen atoms in total. The predicted octanol–water partition coefficient (Wildman–Crippen LogP) is 1.01. The molecule has 0 spiro atoms. The third-order valence-corrected chi connectivity index (χ3v) is 7.39. The highest BCUT2D eigenvalue weighted by Gasteiger charge is 2.26. The molecule has 0 amide bonds. The summed E-state index contributed by atoms with van der Waals surface area (Å²) < 4.78 is 39.8. The van der Waals surface area contributed by atoms with Gasteiger partial charge in [-0.2, -0.15) is 9.40 Å². The summed E-state index contributed by atoms with van der Waals surface area (Å²) in [5.74, 6) is 0.684. The van der Waals surface area contributed by atoms with Gasteiger partial charge >= 0.3 is 0 Å². The van der Waals surface area contributed by atoms with Crippen LogP contribution in [0.5, 0.6) is 5.75 Å². The van der Waals surface area contributed by atoms with Crippen LogP contribution in [-0.4, -0.2) is 84.9 Å². The summed E-state index contributed by atoms with van der Waals surface area (Å²) in [5, 5.41) is 4.23. The summed E-state index contributed by atoms with van der Waals surface area (Å²) in [6, 6.07) is 7.11. The van der Waals surface area contributed by atoms with Crippen molar-refractivity contribution in [2.24, 2.45) is 0 Å². The van der Waals surface area contributed by atoms with Crippen molar-refractivity contribution in [2.75, 3.05) is 52.5 Å². The van der Waals surface area contributed by atoms with Crippen LogP contribution in [0.15, 0.2) is 41.8 Å². The predicted molar refractivity (Wildman–Crippen MR) is 106 cm³/mol. The van der Waals surface area contributed by atoms with Crippen LogP contribution in [-0.2, 0) is 14.8 Å². The maximum absolute atomic E-state index is 12.6. The Hall–Kier alpha value is -2.01. The molecule has 0 aliphatic carbocycles. The van der Waals surface area contributed by atoms with Crippen LogP contribution < -0.4 is 4.74 Å². The Kier molecular flexibility index (Phi) is 6.43. The van der Waals surface area contributed by atoms with Crippen molar-refractivity contribution in [3.05, 3.63) is 36.9 Å². The van der Waals surface area contributed by atoms with E-state index >= 15 is 0 Å². The molecule has 0 radical (unpaired) electrons. The van der Waals surface area contributed by atoms with Gasteiger partial charge in [0.05, 0.1) is 24.2 Å². The summed E-state index contributed by atoms with van der Waals surface area (Å²) in [7, 11) is -3.46. The van der Waals surface area contributed by atoms with Crippen molar-refractivity contribution in [3.63, 3.8) is 0 Å². The zero-order chi connectivity index (χ0) is 20.1. The van der Waals surface area contributed by atoms with Crippen molar-refractivity contribution >= 4 is 10.0 Å². The molecule has 1 aromatic heterocycles. The fourth-order valence-electron chi connectivity index (χ4n) is 3.75. The van der Waals surface area contributed by atoms with Crippen LogP contribution in [0.25, 0.3) is 0 Å². The maximum atomic E-state index is 12.6. The van der Waals surface area contributed by atoms with Crippen molar-refractivity contribution in [2.45, 2.75) is 23.8 Å². The Morgan fingerprint density at radius 1 is 1.07 bits per heavy atom. The van der Waals surface area contributed by atoms with Gasteiger partial charge in [0, 0.05) is 32.7 Å². The Bertz CT molecular complexity index is 859. The molecule has 2 aliphatic heterocycles. The minimum Gasteiger partial charge on any atom is -0.492 e. The molecule has 2 fully saturated rings. The third kappa shape index (κ3) is 4.95. The maximum Gasteiger partial charge on any atom is 0.243 e. The van der Waals surface area contributed by atoms with Gasteiger partial charge in [-0.25, -0.2) is 18.1 Å². The van der Waals surface area contributed by atoms with E-state index in [-0.39, 0.29) is 0 Å². The molecule has 0 atom stereocenters. The highest BCUT2D eigenvalue weighted by atomic mass is 32.2. The number of morpholine rings is 1. The van der Waals surface area contributed by atoms with E-state index < -0.39 is 10.0 Å². The van der Waals surface area contributed by atoms with Gasteiger partial charge in [0.15, 0.2) is 0 Å². The van der Waals surface area contributed by atoms with Crippen molar-refractivity contribution < 1.29 is 17.9 Å². The zero-order valence-electron chi connectivity index (χ0n) is 16.4. The average Bonchev–Trinajstić information content (AvgIpc) is 3.30. The number of rotatable bonds is 7. The van der Waals surface area contributed by atoms with Crippen LogP contribution >= 0.6 is 0 Å². The molecule has 0 saturated carbocycles. The lowest BCUT2D eigenvalue weighted by atomic mass is 10.1. The molecule has 0 bridgehead atoms. The molecular weight excluding hydrogens is 394 g/mol. The molecule has 158 valence electrons. The van der Waals surface area contributed by atoms with Crippen LogP contribution in [0.3, 0.4) is 0 Å². The van der Waals surface area contributed by atoms with E-state index in [4.69, 9.17) is 9.47 Å². The Labute approximate surface area is 171 Å². The Morgan fingerprint density at radius 2 is 1.79 bits per heavy atom. The molecule has 3 heterocycles. The lowest BCUT2D eigenvalue weighted by molar-refractivity contribution is 0.0730. The number of hydrogen-bond donors (Lipinski definition) is 0. The van der Waals surface area contributed by atoms with E-state index in [1.807, 2.05) is 4.68 Å². The number of ether oxygens (including phenoxy) is 2. The molecule has 10 heteroatoms. The molecule has 2 saturated heterocycles. The topological polar surface area (TPSA) is 89.8 Å². The van der Waals surface area contributed by atoms with Gasteiger partial charge in [-0.05, 0) is 37.1 Å². The number of hydrogen-bond acceptors (Lipinski definition) is 7. The number of likely N-dealkylation sites (tertiary alicyclic amines) is 1. The molecular formula is C19H27N5O4S. The second-order valence-electron chi connectivity index (χ2n) is 7.28. The van der Waals surface area contributed by atoms with Gasteiger partial charge in [0.2, 0.25) is 10.0 Å². The Morgan fingerprint density at radius 3 is 2.45 bits per heavy atom. The monoisotopic (exact) mass is 421 g/mol. The molecule has 1 aromatic carbocycles. The number of sulfonamides is 1. The average molecular weight is 422 g/mol. The summed E-state index contributed by atoms with van der Waals surface area (Å²) >= 11 is 0. The number of nitrogens with zero attached hydrogens (tertiary/aromatic N) is 5. The first-order chi connectivity index (χ1) is 14.1. The first-order valence-corrected chi connectivity index (χ1v) is 11.4. The van der Waals surface area contributed by atoms with Gasteiger partial charge in [0.25, 0.3) is 0 Å². The quantitative estimate of drug-likeness (QED) is 0.659. The highest BCUT2D eigenvalue weighted by molar-refractivity contribution is 7.89. The van der Waals surface area contributed by atoms with Gasteiger partial charge in [-0.15, -0.1) is 0 Å². The van der Waals surface area contributed by atoms with Gasteiger partial charge < -0.3 is 9.47 Å². The van der Waals surface area contributed by atoms with Gasteiger partial charge in [0.1, 0.15) is 25.0 Å². The largest absolute Gasteiger partial charge is 0.492 e. The van der Waals surface area contributed by atoms with E-state index in [1.54, 1.807) is 36.9 Å². The minimum absolute atomic E-state index is 0.293. The molecule has 4 rings (SSSR count). The first kappa shape index (κ1) is 20.3. The lowest BCUT2D eigenvalue weighted by Gasteiger charge is -2.31. The van der Waals surface area contributed by atoms with E-state index in [1.165, 1.54) is 4.31 Å². The summed E-state index contributed by atoms with van der Waals surface area (Å²) in [6.07, 6.45) is 5.47. The highest BCUT2D eigenvalue weighted by Crippen LogP contribution is 2.22. The molecule has 0 N–H and O–H groups in total. The van der Waals surface area contributed by atoms with Crippen LogP contribution in [0.2, 0.25) is 0 Å². The second-order valence-corrected chi connectivity index (χ2v) is 9.22. The molecule has 0 unspecified atom stereocenters. The fourth-order valence-corrected chi connectivity index (χ4v) is 5.16. The minimum atomic E-state index is -3.46. The first-order valence-electron chi connectivity index (χ1n) is 10.0. The van der Waals surface area contributed by atoms with Crippen LogP contribution in [0, 0.1) is 0 Å². The van der Waals surface area contributed by atoms with E-state index in [9.17, 15) is 8.42 Å². The van der Waals surface area contributed by atoms with E-state index in [0.717, 1.165) is 32.5 Å². The molecule has 29 heavy (non-hydrogen) atoms. The van der Waals surface area contributed by atoms with Gasteiger partial charge in [-0.1, -0.05) is 0 Å². The van der Waals surface area contributed by atoms with Crippen molar-refractivity contribution in [3.8, 4) is 5.75 Å². The third-order valence-electron chi connectivity index (χ3n) is 5.48. The fraction of sp³-hybridized carbons (Fsp3) is 0.579. The smallest absolute Gasteiger partial charge is 0.243 e. The van der Waals surface area contributed by atoms with Crippen LogP contribution in [0.1, 0.15) is 18.9 Å². The Balaban J connectivity index is 1.23. The summed E-state index contributed by atoms with van der Waals surface area (Å²) in [6.45, 7) is 5.10. The van der Waals surface area contributed by atoms with Crippen LogP contribution in [0.4, 0.5) is 0 Å². The van der Waals surface area contributed by atoms with E-state index in [0.29, 0.717) is 49.6 Å². The number of benzene rings is 1. The van der Waals surface area contributed by atoms with Gasteiger partial charge in [-0.3, -0.25) is 4.90 Å². The van der Waals surface area contributed by atoms with E-state index in [2.05, 4.69) is 15.0 Å². The number of aromatic nitrogens is 3. The van der Waals surface area contributed by atoms with Crippen molar-refractivity contribution in [1.29, 1.82) is 0 Å². The summed E-state index contributed by atoms with van der Waals surface area (Å²) in [5.41, 5.74) is 0. The lowest BCUT2D eigenvalue weighted by Crippen LogP contribution is -2.40. The summed E-state index contributed by atoms with van der Waals surface area (Å²) in [4.78, 5) is 6.69. The number of piperidine rings is 1.